The average Bonchev–Trinajstić information content (AvgIpc) is 2.80. The SMILES string of the molecule is O.O=P.OCCCc1ccc(O)c(O)c1.OCC[NH2+]CCCC1=CC(C(F)(F)F)CC(C(F)(F)F)=C1. The summed E-state index contributed by atoms with van der Waals surface area (Å²) < 4.78 is 84.1. The number of rotatable bonds is 9. The van der Waals surface area contributed by atoms with E-state index >= 15 is 0 Å². The number of aryl methyl sites for hydroxylation is 1. The number of hydrogen-bond acceptors (Lipinski definition) is 5. The number of halogens is 6. The second-order valence-corrected chi connectivity index (χ2v) is 7.60. The van der Waals surface area contributed by atoms with Crippen LogP contribution in [-0.4, -0.2) is 64.6 Å². The van der Waals surface area contributed by atoms with Crippen LogP contribution in [0.3, 0.4) is 0 Å². The van der Waals surface area contributed by atoms with E-state index in [9.17, 15) is 26.3 Å². The molecule has 8 N–H and O–H groups in total. The van der Waals surface area contributed by atoms with Crippen molar-refractivity contribution in [3.05, 3.63) is 47.1 Å². The van der Waals surface area contributed by atoms with E-state index in [4.69, 9.17) is 25.0 Å². The quantitative estimate of drug-likeness (QED) is 0.138. The van der Waals surface area contributed by atoms with Gasteiger partial charge in [-0.3, -0.25) is 4.57 Å². The highest BCUT2D eigenvalue weighted by atomic mass is 31.0. The Balaban J connectivity index is 0. The summed E-state index contributed by atoms with van der Waals surface area (Å²) >= 11 is 0. The molecule has 1 atom stereocenters. The van der Waals surface area contributed by atoms with Crippen molar-refractivity contribution in [1.29, 1.82) is 0 Å². The zero-order chi connectivity index (χ0) is 27.1. The first kappa shape index (κ1) is 36.0. The van der Waals surface area contributed by atoms with Gasteiger partial charge in [-0.2, -0.15) is 26.3 Å². The lowest BCUT2D eigenvalue weighted by molar-refractivity contribution is -0.656. The van der Waals surface area contributed by atoms with Crippen molar-refractivity contribution in [2.24, 2.45) is 5.92 Å². The monoisotopic (exact) mass is 552 g/mol. The molecule has 1 aliphatic rings. The average molecular weight is 552 g/mol. The van der Waals surface area contributed by atoms with Gasteiger partial charge in [-0.1, -0.05) is 23.8 Å². The summed E-state index contributed by atoms with van der Waals surface area (Å²) in [5.74, 6) is -2.29. The Kier molecular flexibility index (Phi) is 18.1. The molecule has 0 aliphatic heterocycles. The van der Waals surface area contributed by atoms with Gasteiger partial charge < -0.3 is 31.2 Å². The minimum absolute atomic E-state index is 0. The Labute approximate surface area is 207 Å². The molecular weight excluding hydrogens is 519 g/mol. The van der Waals surface area contributed by atoms with Gasteiger partial charge in [0.25, 0.3) is 0 Å². The van der Waals surface area contributed by atoms with Gasteiger partial charge in [0.15, 0.2) is 11.5 Å². The van der Waals surface area contributed by atoms with Gasteiger partial charge in [0, 0.05) is 18.6 Å². The lowest BCUT2D eigenvalue weighted by Gasteiger charge is -2.25. The van der Waals surface area contributed by atoms with E-state index in [0.717, 1.165) is 17.7 Å². The number of allylic oxidation sites excluding steroid dienone is 4. The predicted octanol–water partition coefficient (Wildman–Crippen LogP) is 2.99. The van der Waals surface area contributed by atoms with Crippen molar-refractivity contribution in [3.8, 4) is 11.5 Å². The van der Waals surface area contributed by atoms with Crippen molar-refractivity contribution in [1.82, 2.24) is 0 Å². The van der Waals surface area contributed by atoms with Crippen molar-refractivity contribution in [2.45, 2.75) is 44.5 Å². The standard InChI is InChI=1S/C13H17F6NO.C9H12O3.HOP.H2O/c14-12(15,16)10-6-9(2-1-3-20-4-5-21)7-11(8-10)13(17,18)19;10-5-1-2-7-3-4-8(11)9(12)6-7;1-2;/h6-7,10,20-21H,1-5,8H2;3-4,6,10-12H,1-2,5H2;2H;1H2/p+1. The topological polar surface area (TPSA) is 146 Å². The molecular formula is C22H33F6NO6P+. The number of alkyl halides is 6. The normalized spacial score (nSPS) is 15.3. The maximum Gasteiger partial charge on any atom is 0.412 e. The first-order valence-corrected chi connectivity index (χ1v) is 11.1. The molecule has 0 aromatic heterocycles. The molecule has 36 heavy (non-hydrogen) atoms. The smallest absolute Gasteiger partial charge is 0.412 e. The number of benzene rings is 1. The summed E-state index contributed by atoms with van der Waals surface area (Å²) in [5, 5.41) is 36.9. The number of nitrogens with two attached hydrogens (primary N) is 1. The van der Waals surface area contributed by atoms with E-state index in [1.54, 1.807) is 20.5 Å². The molecule has 1 aliphatic carbocycles. The second-order valence-electron chi connectivity index (χ2n) is 7.60. The van der Waals surface area contributed by atoms with Crippen LogP contribution in [0.4, 0.5) is 26.3 Å². The number of aliphatic hydroxyl groups is 2. The zero-order valence-corrected chi connectivity index (χ0v) is 20.4. The summed E-state index contributed by atoms with van der Waals surface area (Å²) in [4.78, 5) is 0. The first-order valence-electron chi connectivity index (χ1n) is 10.7. The predicted molar refractivity (Wildman–Crippen MR) is 122 cm³/mol. The molecule has 1 aromatic rings. The molecule has 2 rings (SSSR count). The van der Waals surface area contributed by atoms with Crippen molar-refractivity contribution >= 4 is 9.12 Å². The van der Waals surface area contributed by atoms with Crippen LogP contribution in [0.2, 0.25) is 0 Å². The van der Waals surface area contributed by atoms with Crippen LogP contribution in [0.5, 0.6) is 11.5 Å². The number of aromatic hydroxyl groups is 2. The van der Waals surface area contributed by atoms with Crippen LogP contribution in [0.15, 0.2) is 41.5 Å². The number of phenolic OH excluding ortho intramolecular Hbond substituents is 2. The molecule has 0 spiro atoms. The van der Waals surface area contributed by atoms with Crippen molar-refractivity contribution in [2.75, 3.05) is 26.3 Å². The lowest BCUT2D eigenvalue weighted by atomic mass is 9.88. The van der Waals surface area contributed by atoms with E-state index in [-0.39, 0.29) is 42.2 Å². The van der Waals surface area contributed by atoms with Gasteiger partial charge >= 0.3 is 12.4 Å². The lowest BCUT2D eigenvalue weighted by Crippen LogP contribution is -2.85. The zero-order valence-electron chi connectivity index (χ0n) is 19.4. The minimum atomic E-state index is -4.73. The molecule has 0 saturated carbocycles. The van der Waals surface area contributed by atoms with E-state index in [1.807, 2.05) is 0 Å². The molecule has 7 nitrogen and oxygen atoms in total. The van der Waals surface area contributed by atoms with Gasteiger partial charge in [0.05, 0.1) is 25.6 Å². The Bertz CT molecular complexity index is 817. The van der Waals surface area contributed by atoms with Crippen LogP contribution < -0.4 is 5.32 Å². The van der Waals surface area contributed by atoms with Crippen LogP contribution in [0.25, 0.3) is 0 Å². The highest BCUT2D eigenvalue weighted by Gasteiger charge is 2.45. The number of aliphatic hydroxyl groups excluding tert-OH is 2. The molecule has 208 valence electrons. The van der Waals surface area contributed by atoms with Crippen molar-refractivity contribution in [3.63, 3.8) is 0 Å². The fourth-order valence-electron chi connectivity index (χ4n) is 3.14. The van der Waals surface area contributed by atoms with E-state index in [0.29, 0.717) is 32.4 Å². The van der Waals surface area contributed by atoms with E-state index < -0.39 is 30.3 Å². The van der Waals surface area contributed by atoms with Crippen LogP contribution in [0, 0.1) is 5.92 Å². The van der Waals surface area contributed by atoms with Crippen LogP contribution in [0.1, 0.15) is 31.2 Å². The molecule has 0 fully saturated rings. The fourth-order valence-corrected chi connectivity index (χ4v) is 3.14. The van der Waals surface area contributed by atoms with E-state index in [2.05, 4.69) is 0 Å². The number of phenols is 2. The third-order valence-electron chi connectivity index (χ3n) is 4.87. The Morgan fingerprint density at radius 2 is 1.56 bits per heavy atom. The third-order valence-corrected chi connectivity index (χ3v) is 4.87. The number of hydrogen-bond donors (Lipinski definition) is 5. The second kappa shape index (κ2) is 18.1. The largest absolute Gasteiger partial charge is 0.504 e. The van der Waals surface area contributed by atoms with Crippen LogP contribution >= 0.6 is 9.12 Å². The first-order chi connectivity index (χ1) is 16.4. The molecule has 1 unspecified atom stereocenters. The Morgan fingerprint density at radius 1 is 0.917 bits per heavy atom. The van der Waals surface area contributed by atoms with Gasteiger partial charge in [-0.25, -0.2) is 0 Å². The number of quaternary nitrogens is 1. The Hall–Kier alpha value is -2.18. The molecule has 0 amide bonds. The van der Waals surface area contributed by atoms with E-state index in [1.165, 1.54) is 12.1 Å². The fraction of sp³-hybridized carbons (Fsp3) is 0.545. The van der Waals surface area contributed by atoms with Gasteiger partial charge in [0.2, 0.25) is 0 Å². The summed E-state index contributed by atoms with van der Waals surface area (Å²) in [6, 6.07) is 4.68. The maximum absolute atomic E-state index is 12.7. The van der Waals surface area contributed by atoms with Gasteiger partial charge in [-0.15, -0.1) is 0 Å². The molecule has 0 radical (unpaired) electrons. The van der Waals surface area contributed by atoms with Gasteiger partial charge in [0.1, 0.15) is 9.12 Å². The highest BCUT2D eigenvalue weighted by molar-refractivity contribution is 7.00. The molecule has 1 aromatic carbocycles. The van der Waals surface area contributed by atoms with Crippen molar-refractivity contribution < 1.29 is 62.1 Å². The summed E-state index contributed by atoms with van der Waals surface area (Å²) in [6.07, 6.45) is -6.73. The third kappa shape index (κ3) is 14.4. The van der Waals surface area contributed by atoms with Crippen LogP contribution in [-0.2, 0) is 11.0 Å². The highest BCUT2D eigenvalue weighted by Crippen LogP contribution is 2.42. The molecule has 0 saturated heterocycles. The Morgan fingerprint density at radius 3 is 2.06 bits per heavy atom. The molecule has 0 heterocycles. The molecule has 0 bridgehead atoms. The van der Waals surface area contributed by atoms with Gasteiger partial charge in [-0.05, 0) is 43.4 Å². The summed E-state index contributed by atoms with van der Waals surface area (Å²) in [6.45, 7) is 1.14. The summed E-state index contributed by atoms with van der Waals surface area (Å²) in [7, 11) is 1.72. The molecule has 14 heteroatoms. The summed E-state index contributed by atoms with van der Waals surface area (Å²) in [5.41, 5.74) is -0.130. The minimum Gasteiger partial charge on any atom is -0.504 e. The maximum atomic E-state index is 12.7.